The summed E-state index contributed by atoms with van der Waals surface area (Å²) in [6.07, 6.45) is 0. The molecule has 0 aliphatic carbocycles. The number of nitrogens with zero attached hydrogens (tertiary/aromatic N) is 2. The summed E-state index contributed by atoms with van der Waals surface area (Å²) in [4.78, 5) is 33.0. The summed E-state index contributed by atoms with van der Waals surface area (Å²) in [6.45, 7) is -0.485. The second kappa shape index (κ2) is 11.0. The normalized spacial score (nSPS) is 10.6. The van der Waals surface area contributed by atoms with Gasteiger partial charge in [0.15, 0.2) is 16.9 Å². The molecule has 2 heterocycles. The van der Waals surface area contributed by atoms with E-state index in [9.17, 15) is 9.59 Å². The van der Waals surface area contributed by atoms with Crippen LogP contribution in [0.3, 0.4) is 0 Å². The van der Waals surface area contributed by atoms with Crippen molar-refractivity contribution in [1.29, 1.82) is 0 Å². The maximum Gasteiger partial charge on any atom is 0.325 e. The standard InChI is InChI=1S/C22H16Br2N4O3S2/c23-15-5-1-13(2-6-15)17-11-32-21(26-17)25-9-20(30)31-10-19(29)28-22-27-18(12-33-22)14-3-7-16(24)8-4-14/h1-8,11-12H,9-10H2,(H,25,26)(H,27,28,29). The second-order valence-corrected chi connectivity index (χ2v) is 10.2. The highest BCUT2D eigenvalue weighted by Gasteiger charge is 2.12. The van der Waals surface area contributed by atoms with Gasteiger partial charge < -0.3 is 10.1 Å². The number of ether oxygens (including phenoxy) is 1. The summed E-state index contributed by atoms with van der Waals surface area (Å²) in [5, 5.41) is 10.4. The number of carbonyl (C=O) groups excluding carboxylic acids is 2. The van der Waals surface area contributed by atoms with Gasteiger partial charge in [0.2, 0.25) is 0 Å². The largest absolute Gasteiger partial charge is 0.454 e. The highest BCUT2D eigenvalue weighted by molar-refractivity contribution is 9.10. The molecule has 2 N–H and O–H groups in total. The molecule has 2 aromatic carbocycles. The maximum absolute atomic E-state index is 12.1. The van der Waals surface area contributed by atoms with Gasteiger partial charge in [-0.25, -0.2) is 9.97 Å². The molecule has 0 radical (unpaired) electrons. The van der Waals surface area contributed by atoms with Crippen LogP contribution in [0.25, 0.3) is 22.5 Å². The molecule has 33 heavy (non-hydrogen) atoms. The number of aromatic nitrogens is 2. The summed E-state index contributed by atoms with van der Waals surface area (Å²) >= 11 is 9.49. The average Bonchev–Trinajstić information content (AvgIpc) is 3.47. The quantitative estimate of drug-likeness (QED) is 0.237. The van der Waals surface area contributed by atoms with E-state index in [1.807, 2.05) is 59.3 Å². The van der Waals surface area contributed by atoms with Gasteiger partial charge in [-0.3, -0.25) is 14.9 Å². The molecule has 4 rings (SSSR count). The van der Waals surface area contributed by atoms with Gasteiger partial charge in [-0.15, -0.1) is 22.7 Å². The predicted octanol–water partition coefficient (Wildman–Crippen LogP) is 6.05. The number of halogens is 2. The van der Waals surface area contributed by atoms with Crippen LogP contribution in [0.1, 0.15) is 0 Å². The fourth-order valence-corrected chi connectivity index (χ4v) is 4.68. The van der Waals surface area contributed by atoms with Crippen molar-refractivity contribution in [3.8, 4) is 22.5 Å². The maximum atomic E-state index is 12.1. The molecule has 168 valence electrons. The third kappa shape index (κ3) is 6.70. The predicted molar refractivity (Wildman–Crippen MR) is 139 cm³/mol. The fraction of sp³-hybridized carbons (Fsp3) is 0.0909. The minimum absolute atomic E-state index is 0.0917. The van der Waals surface area contributed by atoms with E-state index < -0.39 is 18.5 Å². The smallest absolute Gasteiger partial charge is 0.325 e. The second-order valence-electron chi connectivity index (χ2n) is 6.65. The molecule has 4 aromatic rings. The number of rotatable bonds is 8. The van der Waals surface area contributed by atoms with Gasteiger partial charge in [-0.05, 0) is 24.3 Å². The summed E-state index contributed by atoms with van der Waals surface area (Å²) in [5.41, 5.74) is 3.49. The van der Waals surface area contributed by atoms with Crippen LogP contribution in [0.4, 0.5) is 10.3 Å². The summed E-state index contributed by atoms with van der Waals surface area (Å²) in [5.74, 6) is -1.01. The fourth-order valence-electron chi connectivity index (χ4n) is 2.69. The van der Waals surface area contributed by atoms with Crippen LogP contribution in [-0.4, -0.2) is 35.0 Å². The lowest BCUT2D eigenvalue weighted by atomic mass is 10.2. The minimum Gasteiger partial charge on any atom is -0.454 e. The minimum atomic E-state index is -0.555. The van der Waals surface area contributed by atoms with Crippen LogP contribution in [-0.2, 0) is 14.3 Å². The van der Waals surface area contributed by atoms with Gasteiger partial charge in [0.25, 0.3) is 5.91 Å². The van der Waals surface area contributed by atoms with E-state index in [0.717, 1.165) is 31.5 Å². The molecule has 0 bridgehead atoms. The molecule has 0 spiro atoms. The van der Waals surface area contributed by atoms with E-state index in [1.54, 1.807) is 0 Å². The van der Waals surface area contributed by atoms with Gasteiger partial charge in [0, 0.05) is 30.8 Å². The van der Waals surface area contributed by atoms with E-state index in [1.165, 1.54) is 22.7 Å². The van der Waals surface area contributed by atoms with Crippen LogP contribution >= 0.6 is 54.5 Å². The average molecular weight is 608 g/mol. The van der Waals surface area contributed by atoms with Crippen molar-refractivity contribution in [2.45, 2.75) is 0 Å². The number of nitrogens with one attached hydrogen (secondary N) is 2. The SMILES string of the molecule is O=C(COC(=O)CNc1nc(-c2ccc(Br)cc2)cs1)Nc1nc(-c2ccc(Br)cc2)cs1. The Bertz CT molecular complexity index is 1260. The lowest BCUT2D eigenvalue weighted by Gasteiger charge is -2.05. The van der Waals surface area contributed by atoms with Crippen molar-refractivity contribution >= 4 is 76.7 Å². The molecular weight excluding hydrogens is 592 g/mol. The molecule has 0 aliphatic heterocycles. The van der Waals surface area contributed by atoms with Gasteiger partial charge in [0.1, 0.15) is 6.54 Å². The van der Waals surface area contributed by atoms with Crippen molar-refractivity contribution in [2.24, 2.45) is 0 Å². The van der Waals surface area contributed by atoms with Crippen LogP contribution in [0.5, 0.6) is 0 Å². The highest BCUT2D eigenvalue weighted by Crippen LogP contribution is 2.27. The van der Waals surface area contributed by atoms with Crippen molar-refractivity contribution in [3.05, 3.63) is 68.2 Å². The Morgan fingerprint density at radius 3 is 1.91 bits per heavy atom. The summed E-state index contributed by atoms with van der Waals surface area (Å²) < 4.78 is 7.01. The molecule has 0 fully saturated rings. The van der Waals surface area contributed by atoms with E-state index in [4.69, 9.17) is 4.74 Å². The first-order valence-electron chi connectivity index (χ1n) is 9.58. The Labute approximate surface area is 214 Å². The number of thiazole rings is 2. The third-order valence-electron chi connectivity index (χ3n) is 4.28. The van der Waals surface area contributed by atoms with Crippen LogP contribution in [0.15, 0.2) is 68.2 Å². The van der Waals surface area contributed by atoms with Gasteiger partial charge >= 0.3 is 5.97 Å². The van der Waals surface area contributed by atoms with Crippen LogP contribution in [0, 0.1) is 0 Å². The molecule has 0 saturated heterocycles. The zero-order valence-corrected chi connectivity index (χ0v) is 21.7. The van der Waals surface area contributed by atoms with Crippen molar-refractivity contribution in [3.63, 3.8) is 0 Å². The first-order chi connectivity index (χ1) is 16.0. The van der Waals surface area contributed by atoms with E-state index in [2.05, 4.69) is 52.5 Å². The van der Waals surface area contributed by atoms with Gasteiger partial charge in [-0.1, -0.05) is 56.1 Å². The monoisotopic (exact) mass is 606 g/mol. The number of benzene rings is 2. The Morgan fingerprint density at radius 2 is 1.33 bits per heavy atom. The molecule has 7 nitrogen and oxygen atoms in total. The Kier molecular flexibility index (Phi) is 7.86. The van der Waals surface area contributed by atoms with Crippen LogP contribution < -0.4 is 10.6 Å². The van der Waals surface area contributed by atoms with E-state index >= 15 is 0 Å². The summed E-state index contributed by atoms with van der Waals surface area (Å²) in [7, 11) is 0. The summed E-state index contributed by atoms with van der Waals surface area (Å²) in [6, 6.07) is 15.5. The molecule has 0 unspecified atom stereocenters. The van der Waals surface area contributed by atoms with E-state index in [0.29, 0.717) is 10.3 Å². The number of carbonyl (C=O) groups is 2. The molecule has 11 heteroatoms. The van der Waals surface area contributed by atoms with Crippen molar-refractivity contribution in [2.75, 3.05) is 23.8 Å². The number of anilines is 2. The molecule has 0 saturated carbocycles. The highest BCUT2D eigenvalue weighted by atomic mass is 79.9. The number of hydrogen-bond acceptors (Lipinski definition) is 8. The molecular formula is C22H16Br2N4O3S2. The molecule has 0 aliphatic rings. The lowest BCUT2D eigenvalue weighted by Crippen LogP contribution is -2.24. The molecule has 1 amide bonds. The lowest BCUT2D eigenvalue weighted by molar-refractivity contribution is -0.145. The van der Waals surface area contributed by atoms with Gasteiger partial charge in [0.05, 0.1) is 11.4 Å². The van der Waals surface area contributed by atoms with Crippen molar-refractivity contribution < 1.29 is 14.3 Å². The molecule has 2 aromatic heterocycles. The Morgan fingerprint density at radius 1 is 0.818 bits per heavy atom. The first-order valence-corrected chi connectivity index (χ1v) is 12.9. The third-order valence-corrected chi connectivity index (χ3v) is 6.90. The van der Waals surface area contributed by atoms with E-state index in [-0.39, 0.29) is 6.54 Å². The Balaban J connectivity index is 1.21. The number of esters is 1. The Hall–Kier alpha value is -2.60. The zero-order valence-electron chi connectivity index (χ0n) is 16.9. The van der Waals surface area contributed by atoms with Gasteiger partial charge in [-0.2, -0.15) is 0 Å². The molecule has 0 atom stereocenters. The topological polar surface area (TPSA) is 93.2 Å². The van der Waals surface area contributed by atoms with Crippen LogP contribution in [0.2, 0.25) is 0 Å². The van der Waals surface area contributed by atoms with Crippen molar-refractivity contribution in [1.82, 2.24) is 9.97 Å². The number of amides is 1. The zero-order chi connectivity index (χ0) is 23.2. The number of hydrogen-bond donors (Lipinski definition) is 2. The first kappa shape index (κ1) is 23.6.